The summed E-state index contributed by atoms with van der Waals surface area (Å²) in [6.45, 7) is 0. The summed E-state index contributed by atoms with van der Waals surface area (Å²) in [5.74, 6) is -2.21. The first-order chi connectivity index (χ1) is 11.0. The molecular weight excluding hydrogens is 303 g/mol. The van der Waals surface area contributed by atoms with Crippen molar-refractivity contribution in [1.82, 2.24) is 4.98 Å². The molecule has 3 nitrogen and oxygen atoms in total. The van der Waals surface area contributed by atoms with Crippen LogP contribution in [0.5, 0.6) is 0 Å². The van der Waals surface area contributed by atoms with Crippen LogP contribution >= 0.6 is 0 Å². The number of rotatable bonds is 3. The Morgan fingerprint density at radius 2 is 1.78 bits per heavy atom. The lowest BCUT2D eigenvalue weighted by Crippen LogP contribution is -2.03. The van der Waals surface area contributed by atoms with E-state index in [-0.39, 0.29) is 5.82 Å². The average molecular weight is 315 g/mol. The molecule has 0 saturated carbocycles. The van der Waals surface area contributed by atoms with E-state index in [2.05, 4.69) is 10.3 Å². The maximum Gasteiger partial charge on any atom is 0.160 e. The number of nitrogens with zero attached hydrogens (tertiary/aromatic N) is 1. The summed E-state index contributed by atoms with van der Waals surface area (Å²) < 4.78 is 39.1. The molecule has 0 saturated heterocycles. The number of benzene rings is 2. The largest absolute Gasteiger partial charge is 0.396 e. The summed E-state index contributed by atoms with van der Waals surface area (Å²) in [5.41, 5.74) is 7.68. The van der Waals surface area contributed by atoms with Gasteiger partial charge in [0.1, 0.15) is 5.82 Å². The molecule has 0 spiro atoms. The number of fused-ring (bicyclic) bond motifs is 1. The topological polar surface area (TPSA) is 50.9 Å². The SMILES string of the molecule is N/C(=C\Nc1ccc(F)c(F)c1)c1ccc2cc(F)ccc2n1. The fraction of sp³-hybridized carbons (Fsp3) is 0. The maximum atomic E-state index is 13.1. The van der Waals surface area contributed by atoms with Crippen molar-refractivity contribution >= 4 is 22.3 Å². The van der Waals surface area contributed by atoms with Crippen LogP contribution < -0.4 is 11.1 Å². The molecule has 1 heterocycles. The quantitative estimate of drug-likeness (QED) is 0.767. The molecule has 3 aromatic rings. The van der Waals surface area contributed by atoms with Gasteiger partial charge in [0.2, 0.25) is 0 Å². The van der Waals surface area contributed by atoms with Gasteiger partial charge in [0.25, 0.3) is 0 Å². The van der Waals surface area contributed by atoms with E-state index < -0.39 is 11.6 Å². The highest BCUT2D eigenvalue weighted by Gasteiger charge is 2.04. The summed E-state index contributed by atoms with van der Waals surface area (Å²) in [4.78, 5) is 4.33. The van der Waals surface area contributed by atoms with Crippen LogP contribution in [0.25, 0.3) is 16.6 Å². The molecule has 0 fully saturated rings. The van der Waals surface area contributed by atoms with Gasteiger partial charge >= 0.3 is 0 Å². The minimum atomic E-state index is -0.951. The van der Waals surface area contributed by atoms with E-state index in [1.54, 1.807) is 18.2 Å². The lowest BCUT2D eigenvalue weighted by molar-refractivity contribution is 0.509. The molecule has 0 bridgehead atoms. The summed E-state index contributed by atoms with van der Waals surface area (Å²) >= 11 is 0. The van der Waals surface area contributed by atoms with Gasteiger partial charge in [-0.25, -0.2) is 18.2 Å². The molecule has 0 aliphatic rings. The molecule has 3 N–H and O–H groups in total. The lowest BCUT2D eigenvalue weighted by atomic mass is 10.2. The molecule has 0 aliphatic carbocycles. The number of anilines is 1. The third kappa shape index (κ3) is 3.26. The molecule has 116 valence electrons. The first-order valence-corrected chi connectivity index (χ1v) is 6.77. The van der Waals surface area contributed by atoms with E-state index in [9.17, 15) is 13.2 Å². The van der Waals surface area contributed by atoms with Gasteiger partial charge < -0.3 is 11.1 Å². The molecule has 0 atom stereocenters. The van der Waals surface area contributed by atoms with Gasteiger partial charge in [0.15, 0.2) is 11.6 Å². The Balaban J connectivity index is 1.85. The van der Waals surface area contributed by atoms with Crippen LogP contribution in [0, 0.1) is 17.5 Å². The molecule has 0 amide bonds. The number of hydrogen-bond acceptors (Lipinski definition) is 3. The van der Waals surface area contributed by atoms with Crippen LogP contribution in [0.2, 0.25) is 0 Å². The number of pyridine rings is 1. The average Bonchev–Trinajstić information content (AvgIpc) is 2.55. The number of hydrogen-bond donors (Lipinski definition) is 2. The fourth-order valence-corrected chi connectivity index (χ4v) is 2.08. The Morgan fingerprint density at radius 1 is 0.957 bits per heavy atom. The van der Waals surface area contributed by atoms with Gasteiger partial charge in [0.05, 0.1) is 16.9 Å². The zero-order chi connectivity index (χ0) is 16.4. The van der Waals surface area contributed by atoms with Gasteiger partial charge in [-0.05, 0) is 36.4 Å². The molecule has 6 heteroatoms. The highest BCUT2D eigenvalue weighted by molar-refractivity contribution is 5.80. The summed E-state index contributed by atoms with van der Waals surface area (Å²) in [7, 11) is 0. The fourth-order valence-electron chi connectivity index (χ4n) is 2.08. The highest BCUT2D eigenvalue weighted by Crippen LogP contribution is 2.17. The van der Waals surface area contributed by atoms with Gasteiger partial charge in [-0.2, -0.15) is 0 Å². The van der Waals surface area contributed by atoms with Crippen molar-refractivity contribution in [2.75, 3.05) is 5.32 Å². The Morgan fingerprint density at radius 3 is 2.57 bits per heavy atom. The van der Waals surface area contributed by atoms with Crippen molar-refractivity contribution in [3.8, 4) is 0 Å². The maximum absolute atomic E-state index is 13.1. The van der Waals surface area contributed by atoms with Crippen LogP contribution in [0.15, 0.2) is 54.7 Å². The Labute approximate surface area is 130 Å². The van der Waals surface area contributed by atoms with Crippen molar-refractivity contribution in [2.45, 2.75) is 0 Å². The third-order valence-electron chi connectivity index (χ3n) is 3.26. The lowest BCUT2D eigenvalue weighted by Gasteiger charge is -2.06. The minimum Gasteiger partial charge on any atom is -0.396 e. The molecule has 0 unspecified atom stereocenters. The number of nitrogens with two attached hydrogens (primary N) is 1. The van der Waals surface area contributed by atoms with E-state index in [1.807, 2.05) is 0 Å². The number of aromatic nitrogens is 1. The first kappa shape index (κ1) is 14.9. The second-order valence-corrected chi connectivity index (χ2v) is 4.91. The zero-order valence-electron chi connectivity index (χ0n) is 11.9. The zero-order valence-corrected chi connectivity index (χ0v) is 11.9. The summed E-state index contributed by atoms with van der Waals surface area (Å²) in [6, 6.07) is 11.0. The van der Waals surface area contributed by atoms with Crippen molar-refractivity contribution in [1.29, 1.82) is 0 Å². The van der Waals surface area contributed by atoms with Crippen LogP contribution in [0.4, 0.5) is 18.9 Å². The first-order valence-electron chi connectivity index (χ1n) is 6.77. The van der Waals surface area contributed by atoms with Gasteiger partial charge in [0, 0.05) is 23.3 Å². The van der Waals surface area contributed by atoms with E-state index >= 15 is 0 Å². The van der Waals surface area contributed by atoms with E-state index in [0.29, 0.717) is 28.0 Å². The van der Waals surface area contributed by atoms with Gasteiger partial charge in [-0.1, -0.05) is 6.07 Å². The van der Waals surface area contributed by atoms with Crippen LogP contribution in [-0.4, -0.2) is 4.98 Å². The minimum absolute atomic E-state index is 0.306. The monoisotopic (exact) mass is 315 g/mol. The summed E-state index contributed by atoms with van der Waals surface area (Å²) in [5, 5.41) is 3.44. The predicted octanol–water partition coefficient (Wildman–Crippen LogP) is 4.02. The second-order valence-electron chi connectivity index (χ2n) is 4.91. The second kappa shape index (κ2) is 6.00. The van der Waals surface area contributed by atoms with Crippen LogP contribution in [0.1, 0.15) is 5.69 Å². The molecule has 3 rings (SSSR count). The molecule has 1 aromatic heterocycles. The molecule has 23 heavy (non-hydrogen) atoms. The van der Waals surface area contributed by atoms with E-state index in [4.69, 9.17) is 5.73 Å². The Kier molecular flexibility index (Phi) is 3.89. The van der Waals surface area contributed by atoms with Crippen molar-refractivity contribution < 1.29 is 13.2 Å². The molecular formula is C17H12F3N3. The van der Waals surface area contributed by atoms with Crippen molar-refractivity contribution in [2.24, 2.45) is 5.73 Å². The van der Waals surface area contributed by atoms with E-state index in [0.717, 1.165) is 12.1 Å². The molecule has 2 aromatic carbocycles. The Bertz CT molecular complexity index is 907. The number of halogens is 3. The normalized spacial score (nSPS) is 11.7. The van der Waals surface area contributed by atoms with Gasteiger partial charge in [-0.15, -0.1) is 0 Å². The predicted molar refractivity (Wildman–Crippen MR) is 83.8 cm³/mol. The Hall–Kier alpha value is -3.02. The molecule has 0 radical (unpaired) electrons. The van der Waals surface area contributed by atoms with Gasteiger partial charge in [-0.3, -0.25) is 0 Å². The smallest absolute Gasteiger partial charge is 0.160 e. The third-order valence-corrected chi connectivity index (χ3v) is 3.26. The molecule has 0 aliphatic heterocycles. The standard InChI is InChI=1S/C17H12F3N3/c18-11-2-6-16-10(7-11)1-5-17(23-16)15(21)9-22-12-3-4-13(19)14(20)8-12/h1-9,22H,21H2/b15-9-. The highest BCUT2D eigenvalue weighted by atomic mass is 19.2. The summed E-state index contributed by atoms with van der Waals surface area (Å²) in [6.07, 6.45) is 1.43. The van der Waals surface area contributed by atoms with Crippen molar-refractivity contribution in [3.63, 3.8) is 0 Å². The van der Waals surface area contributed by atoms with E-state index in [1.165, 1.54) is 24.4 Å². The van der Waals surface area contributed by atoms with Crippen LogP contribution in [0.3, 0.4) is 0 Å². The van der Waals surface area contributed by atoms with Crippen molar-refractivity contribution in [3.05, 3.63) is 77.9 Å². The number of nitrogens with one attached hydrogen (secondary N) is 1. The van der Waals surface area contributed by atoms with Crippen LogP contribution in [-0.2, 0) is 0 Å².